The molecule has 1 saturated heterocycles. The normalized spacial score (nSPS) is 14.0. The number of cyclic esters (lactones) is 1. The number of para-hydroxylation sites is 1. The highest BCUT2D eigenvalue weighted by Gasteiger charge is 2.24. The van der Waals surface area contributed by atoms with E-state index in [1.807, 2.05) is 0 Å². The Morgan fingerprint density at radius 2 is 1.85 bits per heavy atom. The molecule has 26 heavy (non-hydrogen) atoms. The van der Waals surface area contributed by atoms with Gasteiger partial charge in [-0.2, -0.15) is 0 Å². The molecule has 0 saturated carbocycles. The second-order valence-electron chi connectivity index (χ2n) is 5.40. The molecule has 8 nitrogen and oxygen atoms in total. The summed E-state index contributed by atoms with van der Waals surface area (Å²) in [6.45, 7) is 0.709. The number of sulfonamides is 1. The number of esters is 1. The van der Waals surface area contributed by atoms with Gasteiger partial charge in [-0.15, -0.1) is 0 Å². The van der Waals surface area contributed by atoms with Gasteiger partial charge in [0.1, 0.15) is 6.61 Å². The van der Waals surface area contributed by atoms with Gasteiger partial charge in [0.25, 0.3) is 10.0 Å². The first-order valence-corrected chi connectivity index (χ1v) is 9.15. The van der Waals surface area contributed by atoms with Crippen LogP contribution in [-0.4, -0.2) is 40.7 Å². The minimum absolute atomic E-state index is 0.00603. The molecule has 0 bridgehead atoms. The van der Waals surface area contributed by atoms with Gasteiger partial charge < -0.3 is 9.47 Å². The smallest absolute Gasteiger partial charge is 0.414 e. The van der Waals surface area contributed by atoms with Gasteiger partial charge in [0.15, 0.2) is 0 Å². The number of methoxy groups -OCH3 is 1. The molecule has 1 amide bonds. The minimum atomic E-state index is -3.92. The summed E-state index contributed by atoms with van der Waals surface area (Å²) in [5.41, 5.74) is 0.767. The van der Waals surface area contributed by atoms with E-state index in [9.17, 15) is 18.0 Å². The van der Waals surface area contributed by atoms with Crippen molar-refractivity contribution in [2.75, 3.05) is 29.9 Å². The molecule has 0 aromatic heterocycles. The number of benzene rings is 2. The largest absolute Gasteiger partial charge is 0.465 e. The zero-order valence-electron chi connectivity index (χ0n) is 13.8. The molecule has 0 unspecified atom stereocenters. The van der Waals surface area contributed by atoms with Crippen LogP contribution < -0.4 is 9.62 Å². The highest BCUT2D eigenvalue weighted by Crippen LogP contribution is 2.24. The van der Waals surface area contributed by atoms with E-state index in [4.69, 9.17) is 4.74 Å². The van der Waals surface area contributed by atoms with Crippen molar-refractivity contribution in [1.82, 2.24) is 0 Å². The van der Waals surface area contributed by atoms with Crippen LogP contribution in [-0.2, 0) is 19.5 Å². The third-order valence-electron chi connectivity index (χ3n) is 3.80. The Kier molecular flexibility index (Phi) is 4.81. The monoisotopic (exact) mass is 376 g/mol. The molecule has 2 aromatic rings. The summed E-state index contributed by atoms with van der Waals surface area (Å²) in [5, 5.41) is 0. The number of nitrogens with zero attached hydrogens (tertiary/aromatic N) is 1. The maximum absolute atomic E-state index is 12.6. The molecule has 1 aliphatic heterocycles. The highest BCUT2D eigenvalue weighted by atomic mass is 32.2. The molecule has 3 rings (SSSR count). The van der Waals surface area contributed by atoms with E-state index in [0.29, 0.717) is 18.8 Å². The molecule has 1 heterocycles. The first kappa shape index (κ1) is 17.7. The van der Waals surface area contributed by atoms with Crippen molar-refractivity contribution < 1.29 is 27.5 Å². The predicted octanol–water partition coefficient (Wildman–Crippen LogP) is 2.23. The predicted molar refractivity (Wildman–Crippen MR) is 93.7 cm³/mol. The van der Waals surface area contributed by atoms with Crippen LogP contribution in [0.3, 0.4) is 0 Å². The first-order valence-electron chi connectivity index (χ1n) is 7.67. The minimum Gasteiger partial charge on any atom is -0.465 e. The van der Waals surface area contributed by atoms with Gasteiger partial charge in [-0.05, 0) is 36.4 Å². The van der Waals surface area contributed by atoms with Crippen LogP contribution >= 0.6 is 0 Å². The molecule has 2 aromatic carbocycles. The number of amides is 1. The molecule has 0 radical (unpaired) electrons. The second kappa shape index (κ2) is 7.04. The van der Waals surface area contributed by atoms with E-state index < -0.39 is 22.1 Å². The van der Waals surface area contributed by atoms with Crippen LogP contribution in [0.1, 0.15) is 10.4 Å². The number of anilines is 2. The number of nitrogens with one attached hydrogen (secondary N) is 1. The number of hydrogen-bond acceptors (Lipinski definition) is 6. The van der Waals surface area contributed by atoms with Crippen LogP contribution in [0.2, 0.25) is 0 Å². The van der Waals surface area contributed by atoms with E-state index in [1.165, 1.54) is 48.4 Å². The molecule has 1 fully saturated rings. The number of carbonyl (C=O) groups is 2. The molecule has 0 aliphatic carbocycles. The van der Waals surface area contributed by atoms with E-state index in [0.717, 1.165) is 0 Å². The first-order chi connectivity index (χ1) is 12.4. The van der Waals surface area contributed by atoms with Crippen LogP contribution in [0.4, 0.5) is 16.2 Å². The number of rotatable bonds is 5. The summed E-state index contributed by atoms with van der Waals surface area (Å²) >= 11 is 0. The van der Waals surface area contributed by atoms with Crippen molar-refractivity contribution >= 4 is 33.5 Å². The van der Waals surface area contributed by atoms with Crippen molar-refractivity contribution in [3.8, 4) is 0 Å². The summed E-state index contributed by atoms with van der Waals surface area (Å²) in [5.74, 6) is -0.647. The van der Waals surface area contributed by atoms with Crippen LogP contribution in [0.5, 0.6) is 0 Å². The van der Waals surface area contributed by atoms with E-state index >= 15 is 0 Å². The lowest BCUT2D eigenvalue weighted by Gasteiger charge is -2.14. The average Bonchev–Trinajstić information content (AvgIpc) is 3.07. The molecule has 9 heteroatoms. The quantitative estimate of drug-likeness (QED) is 0.803. The molecule has 136 valence electrons. The van der Waals surface area contributed by atoms with Crippen molar-refractivity contribution in [3.63, 3.8) is 0 Å². The molecule has 0 spiro atoms. The zero-order chi connectivity index (χ0) is 18.7. The Morgan fingerprint density at radius 3 is 2.46 bits per heavy atom. The van der Waals surface area contributed by atoms with Crippen molar-refractivity contribution in [3.05, 3.63) is 54.1 Å². The maximum atomic E-state index is 12.6. The van der Waals surface area contributed by atoms with Crippen LogP contribution in [0.15, 0.2) is 53.4 Å². The fraction of sp³-hybridized carbons (Fsp3) is 0.176. The molecule has 1 N–H and O–H groups in total. The average molecular weight is 376 g/mol. The Balaban J connectivity index is 1.85. The van der Waals surface area contributed by atoms with E-state index in [2.05, 4.69) is 9.46 Å². The van der Waals surface area contributed by atoms with Gasteiger partial charge in [-0.1, -0.05) is 12.1 Å². The van der Waals surface area contributed by atoms with Crippen molar-refractivity contribution in [2.45, 2.75) is 4.90 Å². The highest BCUT2D eigenvalue weighted by molar-refractivity contribution is 7.92. The summed E-state index contributed by atoms with van der Waals surface area (Å²) in [7, 11) is -2.71. The fourth-order valence-electron chi connectivity index (χ4n) is 2.50. The topological polar surface area (TPSA) is 102 Å². The second-order valence-corrected chi connectivity index (χ2v) is 7.08. The fourth-order valence-corrected chi connectivity index (χ4v) is 3.58. The lowest BCUT2D eigenvalue weighted by Crippen LogP contribution is -2.23. The van der Waals surface area contributed by atoms with Gasteiger partial charge in [0.2, 0.25) is 0 Å². The van der Waals surface area contributed by atoms with Gasteiger partial charge in [-0.25, -0.2) is 18.0 Å². The Morgan fingerprint density at radius 1 is 1.15 bits per heavy atom. The number of hydrogen-bond donors (Lipinski definition) is 1. The summed E-state index contributed by atoms with van der Waals surface area (Å²) in [6, 6.07) is 11.9. The molecular formula is C17H16N2O6S. The Bertz CT molecular complexity index is 940. The van der Waals surface area contributed by atoms with Gasteiger partial charge in [-0.3, -0.25) is 9.62 Å². The number of ether oxygens (including phenoxy) is 2. The van der Waals surface area contributed by atoms with E-state index in [1.54, 1.807) is 12.1 Å². The Labute approximate surface area is 150 Å². The van der Waals surface area contributed by atoms with Crippen molar-refractivity contribution in [2.24, 2.45) is 0 Å². The summed E-state index contributed by atoms with van der Waals surface area (Å²) < 4.78 is 37.1. The van der Waals surface area contributed by atoms with Crippen LogP contribution in [0.25, 0.3) is 0 Å². The van der Waals surface area contributed by atoms with E-state index in [-0.39, 0.29) is 16.1 Å². The third kappa shape index (κ3) is 3.47. The molecule has 1 aliphatic rings. The Hall–Kier alpha value is -3.07. The maximum Gasteiger partial charge on any atom is 0.414 e. The van der Waals surface area contributed by atoms with Gasteiger partial charge in [0, 0.05) is 5.69 Å². The molecular weight excluding hydrogens is 360 g/mol. The van der Waals surface area contributed by atoms with Gasteiger partial charge in [0.05, 0.1) is 29.8 Å². The third-order valence-corrected chi connectivity index (χ3v) is 5.18. The SMILES string of the molecule is COC(=O)c1ccccc1NS(=O)(=O)c1ccc(N2CCOC2=O)cc1. The lowest BCUT2D eigenvalue weighted by atomic mass is 10.2. The summed E-state index contributed by atoms with van der Waals surface area (Å²) in [4.78, 5) is 24.7. The molecule has 0 atom stereocenters. The van der Waals surface area contributed by atoms with Crippen LogP contribution in [0, 0.1) is 0 Å². The summed E-state index contributed by atoms with van der Waals surface area (Å²) in [6.07, 6.45) is -0.467. The van der Waals surface area contributed by atoms with Crippen molar-refractivity contribution in [1.29, 1.82) is 0 Å². The van der Waals surface area contributed by atoms with Gasteiger partial charge >= 0.3 is 12.1 Å². The standard InChI is InChI=1S/C17H16N2O6S/c1-24-16(20)14-4-2-3-5-15(14)18-26(22,23)13-8-6-12(7-9-13)19-10-11-25-17(19)21/h2-9,18H,10-11H2,1H3. The number of carbonyl (C=O) groups excluding carboxylic acids is 2. The lowest BCUT2D eigenvalue weighted by molar-refractivity contribution is 0.0602. The zero-order valence-corrected chi connectivity index (χ0v) is 14.7.